The fourth-order valence-electron chi connectivity index (χ4n) is 3.78. The zero-order valence-corrected chi connectivity index (χ0v) is 15.8. The molecule has 1 aromatic carbocycles. The Morgan fingerprint density at radius 2 is 1.80 bits per heavy atom. The first-order valence-electron chi connectivity index (χ1n) is 10.0. The molecule has 0 spiro atoms. The van der Waals surface area contributed by atoms with Crippen LogP contribution in [0, 0.1) is 17.2 Å². The summed E-state index contributed by atoms with van der Waals surface area (Å²) in [5.74, 6) is 1.52. The van der Waals surface area contributed by atoms with Gasteiger partial charge >= 0.3 is 0 Å². The van der Waals surface area contributed by atoms with Crippen molar-refractivity contribution in [2.75, 3.05) is 13.2 Å². The molecule has 2 heteroatoms. The average molecular weight is 340 g/mol. The van der Waals surface area contributed by atoms with E-state index >= 15 is 0 Å². The Bertz CT molecular complexity index is 532. The number of unbranched alkanes of at least 4 members (excludes halogenated alkanes) is 3. The summed E-state index contributed by atoms with van der Waals surface area (Å²) in [7, 11) is 0. The highest BCUT2D eigenvalue weighted by Crippen LogP contribution is 2.37. The van der Waals surface area contributed by atoms with E-state index in [4.69, 9.17) is 10.00 Å². The second-order valence-electron chi connectivity index (χ2n) is 7.27. The molecule has 0 atom stereocenters. The summed E-state index contributed by atoms with van der Waals surface area (Å²) in [6.45, 7) is 3.94. The lowest BCUT2D eigenvalue weighted by Crippen LogP contribution is -2.15. The van der Waals surface area contributed by atoms with Gasteiger partial charge in [0.2, 0.25) is 0 Å². The summed E-state index contributed by atoms with van der Waals surface area (Å²) in [5.41, 5.74) is 2.17. The van der Waals surface area contributed by atoms with Gasteiger partial charge in [0.1, 0.15) is 0 Å². The highest BCUT2D eigenvalue weighted by atomic mass is 16.5. The molecule has 0 radical (unpaired) electrons. The third-order valence-electron chi connectivity index (χ3n) is 5.42. The summed E-state index contributed by atoms with van der Waals surface area (Å²) in [5, 5.41) is 8.89. The first kappa shape index (κ1) is 19.7. The molecule has 136 valence electrons. The molecule has 0 saturated heterocycles. The largest absolute Gasteiger partial charge is 0.381 e. The fourth-order valence-corrected chi connectivity index (χ4v) is 3.78. The van der Waals surface area contributed by atoms with Crippen LogP contribution in [0.5, 0.6) is 0 Å². The maximum absolute atomic E-state index is 8.89. The van der Waals surface area contributed by atoms with Crippen LogP contribution in [0.15, 0.2) is 36.4 Å². The van der Waals surface area contributed by atoms with Gasteiger partial charge in [-0.1, -0.05) is 30.7 Å². The van der Waals surface area contributed by atoms with Crippen molar-refractivity contribution >= 4 is 0 Å². The number of ether oxygens (including phenoxy) is 1. The second-order valence-corrected chi connectivity index (χ2v) is 7.27. The first-order valence-corrected chi connectivity index (χ1v) is 10.0. The van der Waals surface area contributed by atoms with Gasteiger partial charge in [-0.25, -0.2) is 0 Å². The first-order chi connectivity index (χ1) is 12.3. The lowest BCUT2D eigenvalue weighted by atomic mass is 9.77. The van der Waals surface area contributed by atoms with E-state index in [0.717, 1.165) is 24.7 Å². The Kier molecular flexibility index (Phi) is 9.37. The van der Waals surface area contributed by atoms with Gasteiger partial charge in [-0.05, 0) is 87.8 Å². The van der Waals surface area contributed by atoms with E-state index in [1.165, 1.54) is 63.4 Å². The third-order valence-corrected chi connectivity index (χ3v) is 5.42. The molecule has 1 aromatic rings. The average Bonchev–Trinajstić information content (AvgIpc) is 2.67. The quantitative estimate of drug-likeness (QED) is 0.366. The van der Waals surface area contributed by atoms with Gasteiger partial charge in [-0.3, -0.25) is 0 Å². The molecule has 0 amide bonds. The Hall–Kier alpha value is -1.59. The van der Waals surface area contributed by atoms with Crippen LogP contribution in [-0.2, 0) is 4.74 Å². The minimum absolute atomic E-state index is 0.682. The van der Waals surface area contributed by atoms with Gasteiger partial charge in [0.25, 0.3) is 0 Å². The third kappa shape index (κ3) is 7.45. The number of nitrogens with zero attached hydrogens (tertiary/aromatic N) is 1. The normalized spacial score (nSPS) is 20.6. The smallest absolute Gasteiger partial charge is 0.0991 e. The van der Waals surface area contributed by atoms with Crippen LogP contribution >= 0.6 is 0 Å². The minimum atomic E-state index is 0.682. The molecule has 0 aliphatic heterocycles. The molecule has 2 nitrogen and oxygen atoms in total. The van der Waals surface area contributed by atoms with Crippen molar-refractivity contribution in [1.29, 1.82) is 5.26 Å². The highest BCUT2D eigenvalue weighted by molar-refractivity contribution is 5.33. The van der Waals surface area contributed by atoms with Gasteiger partial charge in [-0.15, -0.1) is 0 Å². The van der Waals surface area contributed by atoms with Crippen LogP contribution in [0.3, 0.4) is 0 Å². The number of allylic oxidation sites excluding steroid dienone is 2. The zero-order valence-electron chi connectivity index (χ0n) is 15.8. The van der Waals surface area contributed by atoms with Crippen LogP contribution in [0.1, 0.15) is 81.8 Å². The monoisotopic (exact) mass is 339 g/mol. The predicted octanol–water partition coefficient (Wildman–Crippen LogP) is 6.38. The molecule has 0 aromatic heterocycles. The number of rotatable bonds is 10. The minimum Gasteiger partial charge on any atom is -0.381 e. The van der Waals surface area contributed by atoms with E-state index < -0.39 is 0 Å². The summed E-state index contributed by atoms with van der Waals surface area (Å²) in [6.07, 6.45) is 15.8. The van der Waals surface area contributed by atoms with Crippen molar-refractivity contribution in [3.05, 3.63) is 47.5 Å². The van der Waals surface area contributed by atoms with Crippen molar-refractivity contribution in [2.45, 2.75) is 70.6 Å². The van der Waals surface area contributed by atoms with Crippen LogP contribution in [0.4, 0.5) is 0 Å². The summed E-state index contributed by atoms with van der Waals surface area (Å²) in [6, 6.07) is 10.4. The van der Waals surface area contributed by atoms with E-state index in [9.17, 15) is 0 Å². The lowest BCUT2D eigenvalue weighted by molar-refractivity contribution is 0.109. The van der Waals surface area contributed by atoms with Gasteiger partial charge in [0, 0.05) is 13.2 Å². The fraction of sp³-hybridized carbons (Fsp3) is 0.609. The molecule has 1 saturated carbocycles. The summed E-state index contributed by atoms with van der Waals surface area (Å²) < 4.78 is 5.83. The van der Waals surface area contributed by atoms with E-state index in [2.05, 4.69) is 37.3 Å². The SMILES string of the molecule is CC=CCCCCCOCCC1CCC(c2ccc(C#N)cc2)CC1. The van der Waals surface area contributed by atoms with Gasteiger partial charge in [0.15, 0.2) is 0 Å². The van der Waals surface area contributed by atoms with Gasteiger partial charge < -0.3 is 4.74 Å². The van der Waals surface area contributed by atoms with E-state index in [0.29, 0.717) is 5.92 Å². The molecule has 0 unspecified atom stereocenters. The molecule has 1 aliphatic carbocycles. The topological polar surface area (TPSA) is 33.0 Å². The molecular weight excluding hydrogens is 306 g/mol. The Morgan fingerprint density at radius 1 is 1.04 bits per heavy atom. The lowest BCUT2D eigenvalue weighted by Gasteiger charge is -2.28. The van der Waals surface area contributed by atoms with Crippen LogP contribution in [0.2, 0.25) is 0 Å². The van der Waals surface area contributed by atoms with Crippen molar-refractivity contribution in [3.8, 4) is 6.07 Å². The van der Waals surface area contributed by atoms with E-state index in [1.54, 1.807) is 0 Å². The van der Waals surface area contributed by atoms with Crippen LogP contribution in [-0.4, -0.2) is 13.2 Å². The number of nitriles is 1. The molecule has 1 fully saturated rings. The van der Waals surface area contributed by atoms with E-state index in [-0.39, 0.29) is 0 Å². The molecule has 0 bridgehead atoms. The standard InChI is InChI=1S/C23H33NO/c1-2-3-4-5-6-7-17-25-18-16-20-8-12-22(13-9-20)23-14-10-21(19-24)11-15-23/h2-3,10-11,14-15,20,22H,4-9,12-13,16-18H2,1H3. The molecule has 1 aliphatic rings. The Balaban J connectivity index is 1.53. The molecule has 0 N–H and O–H groups in total. The molecule has 0 heterocycles. The maximum Gasteiger partial charge on any atom is 0.0991 e. The van der Waals surface area contributed by atoms with E-state index in [1.807, 2.05) is 12.1 Å². The van der Waals surface area contributed by atoms with Crippen molar-refractivity contribution in [2.24, 2.45) is 5.92 Å². The zero-order chi connectivity index (χ0) is 17.7. The molecule has 2 rings (SSSR count). The Labute approximate surface area is 153 Å². The summed E-state index contributed by atoms with van der Waals surface area (Å²) in [4.78, 5) is 0. The van der Waals surface area contributed by atoms with Crippen LogP contribution < -0.4 is 0 Å². The van der Waals surface area contributed by atoms with Gasteiger partial charge in [0.05, 0.1) is 11.6 Å². The number of benzene rings is 1. The highest BCUT2D eigenvalue weighted by Gasteiger charge is 2.22. The molecular formula is C23H33NO. The second kappa shape index (κ2) is 11.9. The maximum atomic E-state index is 8.89. The van der Waals surface area contributed by atoms with Gasteiger partial charge in [-0.2, -0.15) is 5.26 Å². The summed E-state index contributed by atoms with van der Waals surface area (Å²) >= 11 is 0. The predicted molar refractivity (Wildman–Crippen MR) is 105 cm³/mol. The Morgan fingerprint density at radius 3 is 2.48 bits per heavy atom. The number of hydrogen-bond acceptors (Lipinski definition) is 2. The van der Waals surface area contributed by atoms with Crippen molar-refractivity contribution < 1.29 is 4.74 Å². The van der Waals surface area contributed by atoms with Crippen molar-refractivity contribution in [1.82, 2.24) is 0 Å². The molecule has 25 heavy (non-hydrogen) atoms. The van der Waals surface area contributed by atoms with Crippen molar-refractivity contribution in [3.63, 3.8) is 0 Å². The number of hydrogen-bond donors (Lipinski definition) is 0. The van der Waals surface area contributed by atoms with Crippen LogP contribution in [0.25, 0.3) is 0 Å².